The minimum atomic E-state index is -0.980. The molecule has 0 fully saturated rings. The van der Waals surface area contributed by atoms with Gasteiger partial charge in [0.05, 0.1) is 0 Å². The van der Waals surface area contributed by atoms with Crippen LogP contribution in [0.5, 0.6) is 0 Å². The lowest BCUT2D eigenvalue weighted by atomic mass is 10.1. The molecule has 1 aliphatic heterocycles. The molecule has 7 N–H and O–H groups in total. The number of nitrogens with zero attached hydrogens (tertiary/aromatic N) is 1. The molecule has 0 aromatic heterocycles. The molecule has 0 saturated heterocycles. The second-order valence-corrected chi connectivity index (χ2v) is 3.68. The van der Waals surface area contributed by atoms with Gasteiger partial charge in [0, 0.05) is 18.3 Å². The molecule has 0 amide bonds. The van der Waals surface area contributed by atoms with E-state index < -0.39 is 5.79 Å². The summed E-state index contributed by atoms with van der Waals surface area (Å²) >= 11 is 0. The van der Waals surface area contributed by atoms with Gasteiger partial charge >= 0.3 is 0 Å². The first-order valence-corrected chi connectivity index (χ1v) is 5.02. The van der Waals surface area contributed by atoms with E-state index in [1.165, 1.54) is 0 Å². The number of nitrogens with one attached hydrogen (secondary N) is 1. The summed E-state index contributed by atoms with van der Waals surface area (Å²) in [6.45, 7) is 0.511. The molecule has 18 heavy (non-hydrogen) atoms. The Hall–Kier alpha value is -1.27. The quantitative estimate of drug-likeness (QED) is 0.638. The molecule has 1 aromatic rings. The summed E-state index contributed by atoms with van der Waals surface area (Å²) in [5.74, 6) is -0.574. The molecule has 1 heterocycles. The highest BCUT2D eigenvalue weighted by Crippen LogP contribution is 2.19. The first kappa shape index (κ1) is 16.7. The molecular formula is C11H17Cl2N5. The largest absolute Gasteiger partial charge is 0.384 e. The Balaban J connectivity index is 0.00000144. The van der Waals surface area contributed by atoms with E-state index in [-0.39, 0.29) is 24.8 Å². The Morgan fingerprint density at radius 1 is 1.17 bits per heavy atom. The van der Waals surface area contributed by atoms with Gasteiger partial charge in [-0.2, -0.15) is 0 Å². The zero-order valence-electron chi connectivity index (χ0n) is 9.67. The van der Waals surface area contributed by atoms with Crippen molar-refractivity contribution >= 4 is 30.6 Å². The van der Waals surface area contributed by atoms with Crippen LogP contribution < -0.4 is 22.5 Å². The van der Waals surface area contributed by atoms with Gasteiger partial charge in [0.25, 0.3) is 0 Å². The van der Waals surface area contributed by atoms with Crippen LogP contribution in [0.25, 0.3) is 0 Å². The fourth-order valence-electron chi connectivity index (χ4n) is 1.57. The third kappa shape index (κ3) is 3.36. The van der Waals surface area contributed by atoms with Crippen LogP contribution in [0, 0.1) is 0 Å². The smallest absolute Gasteiger partial charge is 0.211 e. The molecule has 1 atom stereocenters. The highest BCUT2D eigenvalue weighted by molar-refractivity contribution is 5.92. The second kappa shape index (κ2) is 6.61. The van der Waals surface area contributed by atoms with Crippen LogP contribution in [0.15, 0.2) is 41.5 Å². The van der Waals surface area contributed by atoms with E-state index in [0.29, 0.717) is 12.4 Å². The number of halogens is 2. The van der Waals surface area contributed by atoms with Gasteiger partial charge < -0.3 is 16.8 Å². The predicted octanol–water partition coefficient (Wildman–Crippen LogP) is 0.532. The molecule has 1 unspecified atom stereocenters. The number of hydrogen-bond acceptors (Lipinski definition) is 5. The molecule has 0 bridgehead atoms. The van der Waals surface area contributed by atoms with E-state index in [1.54, 1.807) is 12.3 Å². The highest BCUT2D eigenvalue weighted by Gasteiger charge is 2.26. The standard InChI is InChI=1S/C11H15N5.2ClH/c12-7-8-1-3-9(4-2-8)11(14)15-6-5-10(13)16-11;;/h1-6,15H,7,12,14H2,(H2,13,16);2*1H. The van der Waals surface area contributed by atoms with Crippen LogP contribution in [0.4, 0.5) is 0 Å². The Bertz CT molecular complexity index is 443. The SMILES string of the molecule is Cl.Cl.NCc1ccc(C2(N)N=C(N)C=CN2)cc1. The van der Waals surface area contributed by atoms with E-state index >= 15 is 0 Å². The summed E-state index contributed by atoms with van der Waals surface area (Å²) in [6, 6.07) is 7.64. The zero-order chi connectivity index (χ0) is 11.6. The van der Waals surface area contributed by atoms with Crippen LogP contribution in [0.2, 0.25) is 0 Å². The van der Waals surface area contributed by atoms with E-state index in [0.717, 1.165) is 11.1 Å². The Morgan fingerprint density at radius 3 is 2.28 bits per heavy atom. The predicted molar refractivity (Wildman–Crippen MR) is 78.6 cm³/mol. The minimum absolute atomic E-state index is 0. The molecule has 2 rings (SSSR count). The van der Waals surface area contributed by atoms with Gasteiger partial charge in [-0.1, -0.05) is 24.3 Å². The topological polar surface area (TPSA) is 102 Å². The maximum atomic E-state index is 6.10. The molecule has 0 radical (unpaired) electrons. The number of benzene rings is 1. The van der Waals surface area contributed by atoms with E-state index in [1.807, 2.05) is 24.3 Å². The van der Waals surface area contributed by atoms with Gasteiger partial charge in [-0.15, -0.1) is 24.8 Å². The average molecular weight is 290 g/mol. The lowest BCUT2D eigenvalue weighted by Gasteiger charge is -2.28. The van der Waals surface area contributed by atoms with Crippen molar-refractivity contribution in [3.05, 3.63) is 47.7 Å². The second-order valence-electron chi connectivity index (χ2n) is 3.68. The number of hydrogen-bond donors (Lipinski definition) is 4. The van der Waals surface area contributed by atoms with Crippen LogP contribution in [0.1, 0.15) is 11.1 Å². The number of rotatable bonds is 2. The Kier molecular flexibility index (Phi) is 6.14. The monoisotopic (exact) mass is 289 g/mol. The summed E-state index contributed by atoms with van der Waals surface area (Å²) in [6.07, 6.45) is 3.36. The molecular weight excluding hydrogens is 273 g/mol. The van der Waals surface area contributed by atoms with Crippen molar-refractivity contribution in [2.45, 2.75) is 12.3 Å². The van der Waals surface area contributed by atoms with E-state index in [2.05, 4.69) is 10.3 Å². The van der Waals surface area contributed by atoms with Crippen molar-refractivity contribution in [3.8, 4) is 0 Å². The Morgan fingerprint density at radius 2 is 1.78 bits per heavy atom. The Labute approximate surface area is 118 Å². The van der Waals surface area contributed by atoms with Crippen molar-refractivity contribution in [2.24, 2.45) is 22.2 Å². The van der Waals surface area contributed by atoms with Gasteiger partial charge in [-0.05, 0) is 11.6 Å². The van der Waals surface area contributed by atoms with Crippen molar-refractivity contribution in [1.29, 1.82) is 0 Å². The molecule has 5 nitrogen and oxygen atoms in total. The molecule has 0 spiro atoms. The summed E-state index contributed by atoms with van der Waals surface area (Å²) in [5.41, 5.74) is 19.2. The van der Waals surface area contributed by atoms with Gasteiger partial charge in [0.2, 0.25) is 5.79 Å². The first-order chi connectivity index (χ1) is 7.64. The number of aliphatic imine (C=N–C) groups is 1. The summed E-state index contributed by atoms with van der Waals surface area (Å²) < 4.78 is 0. The van der Waals surface area contributed by atoms with E-state index in [9.17, 15) is 0 Å². The van der Waals surface area contributed by atoms with Crippen LogP contribution >= 0.6 is 24.8 Å². The summed E-state index contributed by atoms with van der Waals surface area (Å²) in [5, 5.41) is 2.98. The average Bonchev–Trinajstić information content (AvgIpc) is 2.29. The van der Waals surface area contributed by atoms with Gasteiger partial charge in [-0.25, -0.2) is 4.99 Å². The molecule has 1 aromatic carbocycles. The van der Waals surface area contributed by atoms with Gasteiger partial charge in [0.1, 0.15) is 5.84 Å². The zero-order valence-corrected chi connectivity index (χ0v) is 11.3. The highest BCUT2D eigenvalue weighted by atomic mass is 35.5. The van der Waals surface area contributed by atoms with Gasteiger partial charge in [-0.3, -0.25) is 5.73 Å². The lowest BCUT2D eigenvalue weighted by Crippen LogP contribution is -2.49. The van der Waals surface area contributed by atoms with Crippen LogP contribution in [-0.2, 0) is 12.3 Å². The van der Waals surface area contributed by atoms with Crippen molar-refractivity contribution in [3.63, 3.8) is 0 Å². The molecule has 7 heteroatoms. The molecule has 1 aliphatic rings. The van der Waals surface area contributed by atoms with Crippen molar-refractivity contribution in [2.75, 3.05) is 0 Å². The normalized spacial score (nSPS) is 21.1. The first-order valence-electron chi connectivity index (χ1n) is 5.02. The number of nitrogens with two attached hydrogens (primary N) is 3. The van der Waals surface area contributed by atoms with Gasteiger partial charge in [0.15, 0.2) is 0 Å². The fourth-order valence-corrected chi connectivity index (χ4v) is 1.57. The maximum absolute atomic E-state index is 6.10. The minimum Gasteiger partial charge on any atom is -0.384 e. The van der Waals surface area contributed by atoms with E-state index in [4.69, 9.17) is 17.2 Å². The van der Waals surface area contributed by atoms with Crippen LogP contribution in [0.3, 0.4) is 0 Å². The summed E-state index contributed by atoms with van der Waals surface area (Å²) in [4.78, 5) is 4.18. The molecule has 100 valence electrons. The number of amidine groups is 1. The third-order valence-electron chi connectivity index (χ3n) is 2.49. The molecule has 0 saturated carbocycles. The fraction of sp³-hybridized carbons (Fsp3) is 0.182. The summed E-state index contributed by atoms with van der Waals surface area (Å²) in [7, 11) is 0. The van der Waals surface area contributed by atoms with Crippen LogP contribution in [-0.4, -0.2) is 5.84 Å². The third-order valence-corrected chi connectivity index (χ3v) is 2.49. The van der Waals surface area contributed by atoms with Crippen molar-refractivity contribution < 1.29 is 0 Å². The van der Waals surface area contributed by atoms with Crippen molar-refractivity contribution in [1.82, 2.24) is 5.32 Å². The maximum Gasteiger partial charge on any atom is 0.211 e. The molecule has 0 aliphatic carbocycles. The lowest BCUT2D eigenvalue weighted by molar-refractivity contribution is 0.410.